The number of H-pyrrole nitrogens is 1. The van der Waals surface area contributed by atoms with Gasteiger partial charge in [0.1, 0.15) is 12.3 Å². The van der Waals surface area contributed by atoms with Gasteiger partial charge < -0.3 is 14.4 Å². The zero-order valence-electron chi connectivity index (χ0n) is 17.6. The molecule has 0 spiro atoms. The number of aromatic nitrogens is 2. The fourth-order valence-corrected chi connectivity index (χ4v) is 4.66. The van der Waals surface area contributed by atoms with Gasteiger partial charge in [-0.15, -0.1) is 0 Å². The van der Waals surface area contributed by atoms with E-state index in [1.54, 1.807) is 6.07 Å². The number of rotatable bonds is 6. The number of ether oxygens (including phenoxy) is 2. The third kappa shape index (κ3) is 3.37. The van der Waals surface area contributed by atoms with Gasteiger partial charge in [0.25, 0.3) is 0 Å². The molecule has 2 aromatic carbocycles. The molecule has 160 valence electrons. The molecule has 31 heavy (non-hydrogen) atoms. The zero-order valence-corrected chi connectivity index (χ0v) is 17.6. The highest BCUT2D eigenvalue weighted by atomic mass is 16.6. The number of hydrogen-bond acceptors (Lipinski definition) is 6. The minimum atomic E-state index is -0.427. The van der Waals surface area contributed by atoms with E-state index in [9.17, 15) is 10.1 Å². The van der Waals surface area contributed by atoms with E-state index >= 15 is 0 Å². The van der Waals surface area contributed by atoms with Crippen molar-refractivity contribution in [3.63, 3.8) is 0 Å². The summed E-state index contributed by atoms with van der Waals surface area (Å²) < 4.78 is 11.4. The van der Waals surface area contributed by atoms with Crippen LogP contribution in [-0.4, -0.2) is 35.3 Å². The van der Waals surface area contributed by atoms with Gasteiger partial charge in [0.15, 0.2) is 5.75 Å². The normalized spacial score (nSPS) is 15.1. The standard InChI is InChI=1S/C23H24N4O4/c1-14-4-3-5-15(10-14)13-31-23-18(27(28)29)11-17(12-19(23)30-2)21-22-20(24-25-21)16-6-8-26(22)9-7-16/h3-5,10-12,16H,6-9,13H2,1-2H3,(H,24,25). The summed E-state index contributed by atoms with van der Waals surface area (Å²) >= 11 is 0. The topological polar surface area (TPSA) is 93.5 Å². The molecule has 3 aromatic rings. The summed E-state index contributed by atoms with van der Waals surface area (Å²) in [5, 5.41) is 19.6. The van der Waals surface area contributed by atoms with Gasteiger partial charge in [-0.3, -0.25) is 15.2 Å². The van der Waals surface area contributed by atoms with Crippen molar-refractivity contribution in [1.82, 2.24) is 10.2 Å². The van der Waals surface area contributed by atoms with Crippen molar-refractivity contribution in [1.29, 1.82) is 0 Å². The van der Waals surface area contributed by atoms with Crippen molar-refractivity contribution in [3.05, 3.63) is 63.3 Å². The Morgan fingerprint density at radius 1 is 1.26 bits per heavy atom. The van der Waals surface area contributed by atoms with E-state index in [0.717, 1.165) is 54.1 Å². The Morgan fingerprint density at radius 2 is 2.06 bits per heavy atom. The zero-order chi connectivity index (χ0) is 21.5. The first-order chi connectivity index (χ1) is 15.0. The minimum Gasteiger partial charge on any atom is -0.493 e. The molecule has 0 amide bonds. The van der Waals surface area contributed by atoms with Gasteiger partial charge in [0.2, 0.25) is 5.75 Å². The molecule has 0 saturated carbocycles. The van der Waals surface area contributed by atoms with Crippen LogP contribution in [0.2, 0.25) is 0 Å². The molecule has 4 heterocycles. The van der Waals surface area contributed by atoms with E-state index in [-0.39, 0.29) is 18.0 Å². The van der Waals surface area contributed by atoms with Gasteiger partial charge in [-0.2, -0.15) is 5.10 Å². The molecule has 3 aliphatic heterocycles. The smallest absolute Gasteiger partial charge is 0.315 e. The molecule has 1 aromatic heterocycles. The molecule has 0 unspecified atom stereocenters. The van der Waals surface area contributed by atoms with E-state index in [1.807, 2.05) is 31.2 Å². The van der Waals surface area contributed by atoms with Crippen molar-refractivity contribution in [2.45, 2.75) is 32.3 Å². The van der Waals surface area contributed by atoms with Crippen LogP contribution in [0, 0.1) is 17.0 Å². The second kappa shape index (κ2) is 7.61. The lowest BCUT2D eigenvalue weighted by molar-refractivity contribution is -0.386. The summed E-state index contributed by atoms with van der Waals surface area (Å²) in [7, 11) is 1.49. The van der Waals surface area contributed by atoms with Crippen LogP contribution < -0.4 is 14.4 Å². The molecular formula is C23H24N4O4. The number of aryl methyl sites for hydroxylation is 1. The van der Waals surface area contributed by atoms with Crippen LogP contribution >= 0.6 is 0 Å². The Kier molecular flexibility index (Phi) is 4.77. The molecule has 1 saturated heterocycles. The lowest BCUT2D eigenvalue weighted by Crippen LogP contribution is -2.38. The van der Waals surface area contributed by atoms with Gasteiger partial charge in [-0.25, -0.2) is 0 Å². The van der Waals surface area contributed by atoms with Crippen molar-refractivity contribution in [3.8, 4) is 22.8 Å². The fourth-order valence-electron chi connectivity index (χ4n) is 4.66. The monoisotopic (exact) mass is 420 g/mol. The van der Waals surface area contributed by atoms with Gasteiger partial charge in [-0.05, 0) is 31.4 Å². The maximum atomic E-state index is 11.9. The number of benzene rings is 2. The number of fused-ring (bicyclic) bond motifs is 2. The summed E-state index contributed by atoms with van der Waals surface area (Å²) in [6.45, 7) is 4.18. The highest BCUT2D eigenvalue weighted by Crippen LogP contribution is 2.48. The quantitative estimate of drug-likeness (QED) is 0.463. The molecule has 2 bridgehead atoms. The first-order valence-corrected chi connectivity index (χ1v) is 10.4. The van der Waals surface area contributed by atoms with E-state index < -0.39 is 4.92 Å². The molecule has 8 heteroatoms. The summed E-state index contributed by atoms with van der Waals surface area (Å²) in [6.07, 6.45) is 2.23. The van der Waals surface area contributed by atoms with Crippen LogP contribution in [0.4, 0.5) is 11.4 Å². The molecule has 0 atom stereocenters. The highest BCUT2D eigenvalue weighted by Gasteiger charge is 2.36. The Bertz CT molecular complexity index is 1150. The highest BCUT2D eigenvalue weighted by molar-refractivity contribution is 5.82. The third-order valence-electron chi connectivity index (χ3n) is 6.18. The van der Waals surface area contributed by atoms with Gasteiger partial charge >= 0.3 is 5.69 Å². The maximum absolute atomic E-state index is 11.9. The van der Waals surface area contributed by atoms with Crippen molar-refractivity contribution in [2.24, 2.45) is 0 Å². The summed E-state index contributed by atoms with van der Waals surface area (Å²) in [4.78, 5) is 13.8. The first-order valence-electron chi connectivity index (χ1n) is 10.4. The first kappa shape index (κ1) is 19.4. The van der Waals surface area contributed by atoms with Gasteiger partial charge in [0.05, 0.1) is 23.4 Å². The number of methoxy groups -OCH3 is 1. The molecule has 1 fully saturated rings. The van der Waals surface area contributed by atoms with Crippen LogP contribution in [0.3, 0.4) is 0 Å². The largest absolute Gasteiger partial charge is 0.493 e. The SMILES string of the molecule is COc1cc(-c2n[nH]c3c2N2CCC3CC2)cc([N+](=O)[O-])c1OCc1cccc(C)c1. The van der Waals surface area contributed by atoms with E-state index in [0.29, 0.717) is 17.2 Å². The van der Waals surface area contributed by atoms with E-state index in [2.05, 4.69) is 15.1 Å². The molecule has 8 nitrogen and oxygen atoms in total. The summed E-state index contributed by atoms with van der Waals surface area (Å²) in [6, 6.07) is 11.2. The van der Waals surface area contributed by atoms with Crippen LogP contribution in [0.15, 0.2) is 36.4 Å². The number of nitro groups is 1. The Morgan fingerprint density at radius 3 is 2.77 bits per heavy atom. The van der Waals surface area contributed by atoms with Crippen molar-refractivity contribution < 1.29 is 14.4 Å². The van der Waals surface area contributed by atoms with Crippen LogP contribution in [0.25, 0.3) is 11.3 Å². The predicted octanol–water partition coefficient (Wildman–Crippen LogP) is 4.58. The molecule has 6 rings (SSSR count). The van der Waals surface area contributed by atoms with E-state index in [1.165, 1.54) is 13.2 Å². The predicted molar refractivity (Wildman–Crippen MR) is 117 cm³/mol. The van der Waals surface area contributed by atoms with Crippen LogP contribution in [0.1, 0.15) is 35.6 Å². The second-order valence-electron chi connectivity index (χ2n) is 8.16. The molecule has 0 radical (unpaired) electrons. The maximum Gasteiger partial charge on any atom is 0.315 e. The van der Waals surface area contributed by atoms with E-state index in [4.69, 9.17) is 9.47 Å². The molecule has 1 N–H and O–H groups in total. The van der Waals surface area contributed by atoms with Crippen LogP contribution in [-0.2, 0) is 6.61 Å². The van der Waals surface area contributed by atoms with Gasteiger partial charge in [0, 0.05) is 30.6 Å². The summed E-state index contributed by atoms with van der Waals surface area (Å²) in [5.41, 5.74) is 5.48. The Balaban J connectivity index is 1.54. The number of nitrogens with one attached hydrogen (secondary N) is 1. The average molecular weight is 420 g/mol. The second-order valence-corrected chi connectivity index (χ2v) is 8.16. The number of aromatic amines is 1. The Hall–Kier alpha value is -3.55. The van der Waals surface area contributed by atoms with Crippen molar-refractivity contribution >= 4 is 11.4 Å². The summed E-state index contributed by atoms with van der Waals surface area (Å²) in [5.74, 6) is 0.934. The fraction of sp³-hybridized carbons (Fsp3) is 0.348. The number of piperidine rings is 1. The number of nitro benzene ring substituents is 1. The lowest BCUT2D eigenvalue weighted by Gasteiger charge is -2.40. The van der Waals surface area contributed by atoms with Gasteiger partial charge in [-0.1, -0.05) is 29.8 Å². The minimum absolute atomic E-state index is 0.129. The van der Waals surface area contributed by atoms with Crippen LogP contribution in [0.5, 0.6) is 11.5 Å². The number of anilines is 1. The Labute approximate surface area is 179 Å². The molecule has 0 aliphatic carbocycles. The molecular weight excluding hydrogens is 396 g/mol. The molecule has 3 aliphatic rings. The average Bonchev–Trinajstić information content (AvgIpc) is 3.25. The number of hydrogen-bond donors (Lipinski definition) is 1. The third-order valence-corrected chi connectivity index (χ3v) is 6.18. The lowest BCUT2D eigenvalue weighted by atomic mass is 9.86. The van der Waals surface area contributed by atoms with Crippen molar-refractivity contribution in [2.75, 3.05) is 25.1 Å². The number of nitrogens with zero attached hydrogens (tertiary/aromatic N) is 3.